The molecule has 6 aromatic rings. The number of carbonyl (C=O) groups is 4. The second-order valence-electron chi connectivity index (χ2n) is 21.4. The van der Waals surface area contributed by atoms with Gasteiger partial charge in [-0.25, -0.2) is 9.86 Å². The molecule has 20 heteroatoms. The highest BCUT2D eigenvalue weighted by Crippen LogP contribution is 2.43. The van der Waals surface area contributed by atoms with Gasteiger partial charge in [0.05, 0.1) is 74.2 Å². The van der Waals surface area contributed by atoms with E-state index in [0.717, 1.165) is 56.2 Å². The number of fused-ring (bicyclic) bond motifs is 2. The Morgan fingerprint density at radius 3 is 1.24 bits per heavy atom. The number of hydrogen-bond donors (Lipinski definition) is 3. The Balaban J connectivity index is 0.000000220. The van der Waals surface area contributed by atoms with Gasteiger partial charge >= 0.3 is 0 Å². The summed E-state index contributed by atoms with van der Waals surface area (Å²) in [6.07, 6.45) is 1.86. The molecule has 85 heavy (non-hydrogen) atoms. The maximum absolute atomic E-state index is 14.2. The number of anilines is 2. The summed E-state index contributed by atoms with van der Waals surface area (Å²) >= 11 is 0. The molecule has 452 valence electrons. The van der Waals surface area contributed by atoms with Crippen molar-refractivity contribution in [1.29, 1.82) is 0 Å². The minimum absolute atomic E-state index is 0. The molecule has 5 N–H and O–H groups in total. The first-order chi connectivity index (χ1) is 40.6. The van der Waals surface area contributed by atoms with Crippen molar-refractivity contribution in [2.45, 2.75) is 71.1 Å². The van der Waals surface area contributed by atoms with Crippen LogP contribution in [0, 0.1) is 0 Å². The zero-order chi connectivity index (χ0) is 59.7. The molecule has 0 aliphatic carbocycles. The first-order valence-electron chi connectivity index (χ1n) is 28.6. The van der Waals surface area contributed by atoms with E-state index in [1.165, 1.54) is 35.1 Å². The first kappa shape index (κ1) is 63.2. The number of nitrogens with one attached hydrogen (secondary N) is 1. The molecule has 4 amide bonds. The Morgan fingerprint density at radius 1 is 0.482 bits per heavy atom. The number of carbonyl (C=O) groups excluding carboxylic acids is 4. The Kier molecular flexibility index (Phi) is 21.1. The number of rotatable bonds is 22. The smallest absolute Gasteiger partial charge is 0.274 e. The van der Waals surface area contributed by atoms with E-state index in [-0.39, 0.29) is 43.6 Å². The highest BCUT2D eigenvalue weighted by atomic mass is 32.2. The number of benzene rings is 6. The van der Waals surface area contributed by atoms with Crippen molar-refractivity contribution in [3.8, 4) is 23.0 Å². The lowest BCUT2D eigenvalue weighted by Gasteiger charge is -2.39. The van der Waals surface area contributed by atoms with Crippen LogP contribution in [0.3, 0.4) is 0 Å². The van der Waals surface area contributed by atoms with Crippen LogP contribution in [0.1, 0.15) is 135 Å². The van der Waals surface area contributed by atoms with E-state index in [9.17, 15) is 27.6 Å². The Morgan fingerprint density at radius 2 is 0.871 bits per heavy atom. The molecule has 4 atom stereocenters. The molecule has 4 aliphatic heterocycles. The van der Waals surface area contributed by atoms with E-state index in [2.05, 4.69) is 86.7 Å². The van der Waals surface area contributed by atoms with Crippen LogP contribution in [0.5, 0.6) is 23.0 Å². The summed E-state index contributed by atoms with van der Waals surface area (Å²) in [5.74, 6) is 0.824. The molecule has 2 fully saturated rings. The number of hydrogen-bond acceptors (Lipinski definition) is 15. The van der Waals surface area contributed by atoms with Crippen molar-refractivity contribution in [3.63, 3.8) is 0 Å². The SMILES string of the molecule is C.COc1ccc([C@@H](CCCN)N2C(=O)c3cccc(N4CCN([C@H](C)c5ccccc5)CC4)c3C2=O)cc1OC.COc1ccc([C@@H](CCCNS(N)(=O)=O)N2C(=O)c3cccc(N4CCN([C@H](C)c5ccccc5)CC4)c3C2=O)cc1OC. The highest BCUT2D eigenvalue weighted by Gasteiger charge is 2.45. The molecule has 4 aliphatic rings. The molecule has 0 unspecified atom stereocenters. The molecule has 0 bridgehead atoms. The molecule has 6 aromatic carbocycles. The normalized spacial score (nSPS) is 16.8. The van der Waals surface area contributed by atoms with Gasteiger partial charge in [-0.15, -0.1) is 0 Å². The standard InChI is InChI=1S/C32H39N5O6S.C32H38N4O4.CH4/c1-22(23-9-5-4-6-10-23)35-17-19-36(20-18-35)27-12-7-11-25-30(27)32(39)37(31(25)38)26(13-8-16-34-44(33,40)41)24-14-15-28(42-2)29(21-24)43-3;1-22(23-9-5-4-6-10-23)34-17-19-35(20-18-34)27-12-7-11-25-30(27)32(38)36(31(25)37)26(13-8-16-33)24-14-15-28(39-2)29(21-24)40-3;/h4-7,9-12,14-15,21-22,26,34H,8,13,16-20H2,1-3H3,(H2,33,40,41);4-7,9-12,14-15,21-22,26H,8,13,16-20,33H2,1-3H3;1H4/t2*22-,26-;/m11./s1. The van der Waals surface area contributed by atoms with Crippen LogP contribution >= 0.6 is 0 Å². The number of ether oxygens (including phenoxy) is 4. The number of nitrogens with zero attached hydrogens (tertiary/aromatic N) is 6. The number of methoxy groups -OCH3 is 4. The molecule has 19 nitrogen and oxygen atoms in total. The van der Waals surface area contributed by atoms with Gasteiger partial charge in [0.25, 0.3) is 33.8 Å². The van der Waals surface area contributed by atoms with Crippen molar-refractivity contribution in [3.05, 3.63) is 178 Å². The summed E-state index contributed by atoms with van der Waals surface area (Å²) in [5, 5.41) is 5.10. The van der Waals surface area contributed by atoms with Crippen molar-refractivity contribution in [2.24, 2.45) is 10.9 Å². The zero-order valence-corrected chi connectivity index (χ0v) is 49.6. The minimum atomic E-state index is -3.88. The summed E-state index contributed by atoms with van der Waals surface area (Å²) in [7, 11) is 2.32. The van der Waals surface area contributed by atoms with E-state index < -0.39 is 22.3 Å². The van der Waals surface area contributed by atoms with Gasteiger partial charge in [-0.05, 0) is 117 Å². The summed E-state index contributed by atoms with van der Waals surface area (Å²) in [6.45, 7) is 11.3. The third-order valence-corrected chi connectivity index (χ3v) is 17.3. The molecular formula is C65H81N9O10S. The first-order valence-corrected chi connectivity index (χ1v) is 30.2. The van der Waals surface area contributed by atoms with Crippen LogP contribution in [-0.2, 0) is 10.2 Å². The number of imide groups is 2. The van der Waals surface area contributed by atoms with E-state index >= 15 is 0 Å². The fourth-order valence-electron chi connectivity index (χ4n) is 12.1. The largest absolute Gasteiger partial charge is 0.493 e. The number of nitrogens with two attached hydrogens (primary N) is 2. The summed E-state index contributed by atoms with van der Waals surface area (Å²) in [5.41, 5.74) is 13.2. The van der Waals surface area contributed by atoms with Crippen LogP contribution in [0.15, 0.2) is 133 Å². The fourth-order valence-corrected chi connectivity index (χ4v) is 12.5. The lowest BCUT2D eigenvalue weighted by molar-refractivity contribution is 0.0557. The third-order valence-electron chi connectivity index (χ3n) is 16.7. The van der Waals surface area contributed by atoms with Gasteiger partial charge in [0.15, 0.2) is 23.0 Å². The molecule has 0 saturated carbocycles. The van der Waals surface area contributed by atoms with E-state index in [1.807, 2.05) is 54.6 Å². The maximum atomic E-state index is 14.2. The number of piperazine rings is 2. The second kappa shape index (κ2) is 28.4. The van der Waals surface area contributed by atoms with Gasteiger partial charge in [-0.2, -0.15) is 8.42 Å². The monoisotopic (exact) mass is 1180 g/mol. The summed E-state index contributed by atoms with van der Waals surface area (Å²) in [4.78, 5) is 68.0. The van der Waals surface area contributed by atoms with Crippen molar-refractivity contribution >= 4 is 45.2 Å². The topological polar surface area (TPSA) is 223 Å². The predicted molar refractivity (Wildman–Crippen MR) is 331 cm³/mol. The van der Waals surface area contributed by atoms with Gasteiger partial charge in [0.1, 0.15) is 0 Å². The van der Waals surface area contributed by atoms with Crippen LogP contribution in [0.4, 0.5) is 11.4 Å². The molecule has 4 heterocycles. The molecule has 2 saturated heterocycles. The van der Waals surface area contributed by atoms with E-state index in [0.29, 0.717) is 102 Å². The van der Waals surface area contributed by atoms with Crippen LogP contribution in [0.2, 0.25) is 0 Å². The van der Waals surface area contributed by atoms with Gasteiger partial charge in [-0.3, -0.25) is 38.8 Å². The zero-order valence-electron chi connectivity index (χ0n) is 48.7. The van der Waals surface area contributed by atoms with Crippen LogP contribution in [0.25, 0.3) is 0 Å². The molecule has 0 spiro atoms. The Bertz CT molecular complexity index is 3410. The lowest BCUT2D eigenvalue weighted by atomic mass is 9.99. The van der Waals surface area contributed by atoms with Crippen LogP contribution in [-0.4, -0.2) is 146 Å². The van der Waals surface area contributed by atoms with Gasteiger partial charge in [-0.1, -0.05) is 92.4 Å². The van der Waals surface area contributed by atoms with Crippen molar-refractivity contribution in [1.82, 2.24) is 24.3 Å². The molecular weight excluding hydrogens is 1100 g/mol. The van der Waals surface area contributed by atoms with Gasteiger partial charge in [0, 0.05) is 71.0 Å². The van der Waals surface area contributed by atoms with E-state index in [4.69, 9.17) is 29.8 Å². The van der Waals surface area contributed by atoms with Crippen molar-refractivity contribution < 1.29 is 46.5 Å². The van der Waals surface area contributed by atoms with E-state index in [1.54, 1.807) is 44.6 Å². The molecule has 10 rings (SSSR count). The van der Waals surface area contributed by atoms with Gasteiger partial charge in [0.2, 0.25) is 0 Å². The average molecular weight is 1180 g/mol. The summed E-state index contributed by atoms with van der Waals surface area (Å²) < 4.78 is 46.9. The molecule has 0 radical (unpaired) electrons. The fraction of sp³-hybridized carbons (Fsp3) is 0.385. The molecule has 0 aromatic heterocycles. The average Bonchev–Trinajstić information content (AvgIpc) is 2.76. The van der Waals surface area contributed by atoms with Gasteiger partial charge < -0.3 is 34.5 Å². The Labute approximate surface area is 500 Å². The minimum Gasteiger partial charge on any atom is -0.493 e. The number of amides is 4. The van der Waals surface area contributed by atoms with Crippen molar-refractivity contribution in [2.75, 3.05) is 104 Å². The lowest BCUT2D eigenvalue weighted by Crippen LogP contribution is -2.47. The second-order valence-corrected chi connectivity index (χ2v) is 22.7. The van der Waals surface area contributed by atoms with Crippen LogP contribution < -0.4 is 44.3 Å². The maximum Gasteiger partial charge on any atom is 0.274 e. The summed E-state index contributed by atoms with van der Waals surface area (Å²) in [6, 6.07) is 42.2. The highest BCUT2D eigenvalue weighted by molar-refractivity contribution is 7.87. The quantitative estimate of drug-likeness (QED) is 0.0427. The predicted octanol–water partition coefficient (Wildman–Crippen LogP) is 8.80. The third kappa shape index (κ3) is 13.8. The Hall–Kier alpha value is -7.85.